The first-order valence-electron chi connectivity index (χ1n) is 4.74. The van der Waals surface area contributed by atoms with E-state index in [1.165, 1.54) is 17.2 Å². The molecule has 0 aliphatic rings. The Morgan fingerprint density at radius 1 is 1.29 bits per heavy atom. The summed E-state index contributed by atoms with van der Waals surface area (Å²) in [6.45, 7) is 4.17. The second-order valence-electron chi connectivity index (χ2n) is 3.42. The molecule has 0 saturated heterocycles. The molecule has 0 aliphatic carbocycles. The van der Waals surface area contributed by atoms with Crippen LogP contribution in [-0.4, -0.2) is 0 Å². The number of benzene rings is 1. The van der Waals surface area contributed by atoms with E-state index >= 15 is 0 Å². The fourth-order valence-electron chi connectivity index (χ4n) is 1.65. The van der Waals surface area contributed by atoms with Gasteiger partial charge in [-0.25, -0.2) is 4.79 Å². The molecule has 0 unspecified atom stereocenters. The maximum atomic E-state index is 11.0. The maximum Gasteiger partial charge on any atom is 0.336 e. The van der Waals surface area contributed by atoms with E-state index in [2.05, 4.69) is 19.9 Å². The number of hydrogen-bond donors (Lipinski definition) is 0. The third-order valence-corrected chi connectivity index (χ3v) is 2.46. The lowest BCUT2D eigenvalue weighted by atomic mass is 10.0. The van der Waals surface area contributed by atoms with Gasteiger partial charge in [0, 0.05) is 11.5 Å². The molecule has 0 radical (unpaired) electrons. The van der Waals surface area contributed by atoms with Gasteiger partial charge in [-0.1, -0.05) is 6.92 Å². The van der Waals surface area contributed by atoms with Crippen molar-refractivity contribution in [1.82, 2.24) is 0 Å². The summed E-state index contributed by atoms with van der Waals surface area (Å²) in [7, 11) is 0. The first kappa shape index (κ1) is 9.00. The zero-order valence-corrected chi connectivity index (χ0v) is 8.33. The predicted octanol–water partition coefficient (Wildman–Crippen LogP) is 2.66. The summed E-state index contributed by atoms with van der Waals surface area (Å²) in [6, 6.07) is 7.25. The summed E-state index contributed by atoms with van der Waals surface area (Å²) in [5, 5.41) is 0.985. The van der Waals surface area contributed by atoms with Crippen molar-refractivity contribution in [3.05, 3.63) is 45.8 Å². The highest BCUT2D eigenvalue weighted by atomic mass is 16.4. The van der Waals surface area contributed by atoms with Gasteiger partial charge in [0.05, 0.1) is 0 Å². The molecule has 0 amide bonds. The van der Waals surface area contributed by atoms with Crippen LogP contribution in [0.2, 0.25) is 0 Å². The van der Waals surface area contributed by atoms with Gasteiger partial charge in [-0.15, -0.1) is 0 Å². The van der Waals surface area contributed by atoms with Gasteiger partial charge >= 0.3 is 5.63 Å². The molecular weight excluding hydrogens is 176 g/mol. The third kappa shape index (κ3) is 1.43. The van der Waals surface area contributed by atoms with Crippen LogP contribution in [0.15, 0.2) is 33.5 Å². The van der Waals surface area contributed by atoms with Crippen molar-refractivity contribution in [3.63, 3.8) is 0 Å². The van der Waals surface area contributed by atoms with E-state index in [9.17, 15) is 4.79 Å². The lowest BCUT2D eigenvalue weighted by Crippen LogP contribution is -1.95. The summed E-state index contributed by atoms with van der Waals surface area (Å²) in [5.74, 6) is 0. The zero-order chi connectivity index (χ0) is 10.1. The molecule has 0 atom stereocenters. The van der Waals surface area contributed by atoms with Crippen LogP contribution in [0.1, 0.15) is 18.1 Å². The highest BCUT2D eigenvalue weighted by Gasteiger charge is 2.01. The summed E-state index contributed by atoms with van der Waals surface area (Å²) in [4.78, 5) is 11.0. The molecule has 2 heteroatoms. The molecule has 1 aromatic carbocycles. The second-order valence-corrected chi connectivity index (χ2v) is 3.42. The highest BCUT2D eigenvalue weighted by Crippen LogP contribution is 2.18. The van der Waals surface area contributed by atoms with Crippen LogP contribution >= 0.6 is 0 Å². The zero-order valence-electron chi connectivity index (χ0n) is 8.33. The molecule has 1 aromatic heterocycles. The Kier molecular flexibility index (Phi) is 2.12. The van der Waals surface area contributed by atoms with Crippen molar-refractivity contribution in [2.75, 3.05) is 0 Å². The smallest absolute Gasteiger partial charge is 0.336 e. The van der Waals surface area contributed by atoms with Crippen LogP contribution in [0.5, 0.6) is 0 Å². The molecule has 2 nitrogen and oxygen atoms in total. The Morgan fingerprint density at radius 2 is 2.07 bits per heavy atom. The van der Waals surface area contributed by atoms with Gasteiger partial charge in [0.1, 0.15) is 5.58 Å². The van der Waals surface area contributed by atoms with Crippen LogP contribution < -0.4 is 5.63 Å². The Bertz CT molecular complexity index is 523. The summed E-state index contributed by atoms with van der Waals surface area (Å²) >= 11 is 0. The van der Waals surface area contributed by atoms with Crippen molar-refractivity contribution in [3.8, 4) is 0 Å². The number of hydrogen-bond acceptors (Lipinski definition) is 2. The average Bonchev–Trinajstić information content (AvgIpc) is 2.17. The van der Waals surface area contributed by atoms with Gasteiger partial charge < -0.3 is 4.42 Å². The molecule has 0 spiro atoms. The Labute approximate surface area is 82.2 Å². The second kappa shape index (κ2) is 3.29. The van der Waals surface area contributed by atoms with Crippen molar-refractivity contribution < 1.29 is 4.42 Å². The van der Waals surface area contributed by atoms with Gasteiger partial charge in [0.15, 0.2) is 0 Å². The van der Waals surface area contributed by atoms with E-state index in [0.717, 1.165) is 11.8 Å². The van der Waals surface area contributed by atoms with Crippen molar-refractivity contribution in [1.29, 1.82) is 0 Å². The quantitative estimate of drug-likeness (QED) is 0.644. The SMILES string of the molecule is CCc1cc2oc(=O)ccc2cc1C. The van der Waals surface area contributed by atoms with Gasteiger partial charge in [-0.2, -0.15) is 0 Å². The molecule has 0 N–H and O–H groups in total. The van der Waals surface area contributed by atoms with Crippen LogP contribution in [0.25, 0.3) is 11.0 Å². The van der Waals surface area contributed by atoms with Gasteiger partial charge in [-0.05, 0) is 42.7 Å². The molecule has 0 aliphatic heterocycles. The first-order valence-corrected chi connectivity index (χ1v) is 4.74. The van der Waals surface area contributed by atoms with Gasteiger partial charge in [0.2, 0.25) is 0 Å². The summed E-state index contributed by atoms with van der Waals surface area (Å²) in [6.07, 6.45) is 0.959. The Morgan fingerprint density at radius 3 is 2.79 bits per heavy atom. The van der Waals surface area contributed by atoms with Crippen molar-refractivity contribution >= 4 is 11.0 Å². The lowest BCUT2D eigenvalue weighted by Gasteiger charge is -2.03. The van der Waals surface area contributed by atoms with Gasteiger partial charge in [0.25, 0.3) is 0 Å². The summed E-state index contributed by atoms with van der Waals surface area (Å²) in [5.41, 5.74) is 2.86. The number of aryl methyl sites for hydroxylation is 2. The van der Waals surface area contributed by atoms with Crippen LogP contribution in [0.4, 0.5) is 0 Å². The number of rotatable bonds is 1. The molecular formula is C12H12O2. The lowest BCUT2D eigenvalue weighted by molar-refractivity contribution is 0.560. The molecule has 1 heterocycles. The Hall–Kier alpha value is -1.57. The fraction of sp³-hybridized carbons (Fsp3) is 0.250. The Balaban J connectivity index is 2.80. The normalized spacial score (nSPS) is 10.7. The first-order chi connectivity index (χ1) is 6.70. The molecule has 0 fully saturated rings. The number of fused-ring (bicyclic) bond motifs is 1. The molecule has 14 heavy (non-hydrogen) atoms. The van der Waals surface area contributed by atoms with E-state index in [0.29, 0.717) is 5.58 Å². The van der Waals surface area contributed by atoms with E-state index < -0.39 is 0 Å². The van der Waals surface area contributed by atoms with Crippen LogP contribution in [0.3, 0.4) is 0 Å². The standard InChI is InChI=1S/C12H12O2/c1-3-9-7-11-10(6-8(9)2)4-5-12(13)14-11/h4-7H,3H2,1-2H3. The van der Waals surface area contributed by atoms with Gasteiger partial charge in [-0.3, -0.25) is 0 Å². The molecule has 2 aromatic rings. The van der Waals surface area contributed by atoms with E-state index in [1.807, 2.05) is 6.07 Å². The van der Waals surface area contributed by atoms with E-state index in [-0.39, 0.29) is 5.63 Å². The van der Waals surface area contributed by atoms with E-state index in [4.69, 9.17) is 4.42 Å². The molecule has 72 valence electrons. The average molecular weight is 188 g/mol. The maximum absolute atomic E-state index is 11.0. The van der Waals surface area contributed by atoms with Crippen LogP contribution in [0, 0.1) is 6.92 Å². The molecule has 0 bridgehead atoms. The highest BCUT2D eigenvalue weighted by molar-refractivity contribution is 5.78. The predicted molar refractivity (Wildman–Crippen MR) is 56.6 cm³/mol. The topological polar surface area (TPSA) is 30.2 Å². The third-order valence-electron chi connectivity index (χ3n) is 2.46. The molecule has 2 rings (SSSR count). The minimum Gasteiger partial charge on any atom is -0.423 e. The van der Waals surface area contributed by atoms with E-state index in [1.54, 1.807) is 6.07 Å². The van der Waals surface area contributed by atoms with Crippen LogP contribution in [-0.2, 0) is 6.42 Å². The monoisotopic (exact) mass is 188 g/mol. The van der Waals surface area contributed by atoms with Crippen molar-refractivity contribution in [2.24, 2.45) is 0 Å². The minimum atomic E-state index is -0.289. The molecule has 0 saturated carbocycles. The largest absolute Gasteiger partial charge is 0.423 e. The van der Waals surface area contributed by atoms with Crippen molar-refractivity contribution in [2.45, 2.75) is 20.3 Å². The summed E-state index contributed by atoms with van der Waals surface area (Å²) < 4.78 is 5.10. The minimum absolute atomic E-state index is 0.289. The fourth-order valence-corrected chi connectivity index (χ4v) is 1.65.